The molecule has 1 aliphatic carbocycles. The summed E-state index contributed by atoms with van der Waals surface area (Å²) in [6.07, 6.45) is 4.40. The fourth-order valence-electron chi connectivity index (χ4n) is 2.47. The van der Waals surface area contributed by atoms with Crippen LogP contribution in [0.5, 0.6) is 0 Å². The fraction of sp³-hybridized carbons (Fsp3) is 0.538. The van der Waals surface area contributed by atoms with Gasteiger partial charge in [-0.25, -0.2) is 0 Å². The Morgan fingerprint density at radius 2 is 1.94 bits per heavy atom. The molecule has 16 heavy (non-hydrogen) atoms. The van der Waals surface area contributed by atoms with Crippen molar-refractivity contribution in [3.8, 4) is 0 Å². The molecule has 1 aliphatic rings. The smallest absolute Gasteiger partial charge is 0.0347 e. The number of thioether (sulfide) groups is 1. The first-order valence-electron chi connectivity index (χ1n) is 5.81. The van der Waals surface area contributed by atoms with E-state index in [2.05, 4.69) is 35.8 Å². The molecule has 0 aliphatic heterocycles. The van der Waals surface area contributed by atoms with E-state index in [4.69, 9.17) is 5.73 Å². The van der Waals surface area contributed by atoms with Crippen molar-refractivity contribution in [3.63, 3.8) is 0 Å². The second-order valence-electron chi connectivity index (χ2n) is 4.53. The van der Waals surface area contributed by atoms with E-state index in [1.54, 1.807) is 11.8 Å². The molecule has 0 amide bonds. The van der Waals surface area contributed by atoms with E-state index in [9.17, 15) is 0 Å². The highest BCUT2D eigenvalue weighted by Crippen LogP contribution is 2.37. The number of nitrogens with one attached hydrogen (secondary N) is 1. The van der Waals surface area contributed by atoms with E-state index in [1.165, 1.54) is 10.5 Å². The van der Waals surface area contributed by atoms with Crippen molar-refractivity contribution in [2.75, 3.05) is 13.3 Å². The summed E-state index contributed by atoms with van der Waals surface area (Å²) in [6.45, 7) is 0. The summed E-state index contributed by atoms with van der Waals surface area (Å²) in [5.74, 6) is 0.708. The molecule has 1 aromatic carbocycles. The summed E-state index contributed by atoms with van der Waals surface area (Å²) < 4.78 is 0. The zero-order chi connectivity index (χ0) is 11.5. The summed E-state index contributed by atoms with van der Waals surface area (Å²) in [7, 11) is 2.04. The number of hydrogen-bond acceptors (Lipinski definition) is 3. The van der Waals surface area contributed by atoms with Gasteiger partial charge < -0.3 is 11.1 Å². The zero-order valence-electron chi connectivity index (χ0n) is 9.94. The maximum absolute atomic E-state index is 5.85. The standard InChI is InChI=1S/C13H20N2S/c1-15-13(10-7-11(14)8-10)9-3-5-12(16-2)6-4-9/h3-6,10-11,13,15H,7-8,14H2,1-2H3. The van der Waals surface area contributed by atoms with Crippen LogP contribution in [0, 0.1) is 5.92 Å². The summed E-state index contributed by atoms with van der Waals surface area (Å²) in [5.41, 5.74) is 7.24. The lowest BCUT2D eigenvalue weighted by atomic mass is 9.74. The van der Waals surface area contributed by atoms with Gasteiger partial charge in [0.15, 0.2) is 0 Å². The average molecular weight is 236 g/mol. The summed E-state index contributed by atoms with van der Waals surface area (Å²) in [4.78, 5) is 1.32. The highest BCUT2D eigenvalue weighted by molar-refractivity contribution is 7.98. The Balaban J connectivity index is 2.07. The van der Waals surface area contributed by atoms with Crippen LogP contribution >= 0.6 is 11.8 Å². The third-order valence-electron chi connectivity index (χ3n) is 3.47. The van der Waals surface area contributed by atoms with Crippen LogP contribution in [0.4, 0.5) is 0 Å². The number of benzene rings is 1. The summed E-state index contributed by atoms with van der Waals surface area (Å²) in [5, 5.41) is 3.42. The van der Waals surface area contributed by atoms with Crippen molar-refractivity contribution < 1.29 is 0 Å². The van der Waals surface area contributed by atoms with Gasteiger partial charge in [-0.05, 0) is 49.8 Å². The Morgan fingerprint density at radius 3 is 2.38 bits per heavy atom. The van der Waals surface area contributed by atoms with Crippen LogP contribution in [-0.2, 0) is 0 Å². The predicted octanol–water partition coefficient (Wildman–Crippen LogP) is 2.41. The Bertz CT molecular complexity index is 330. The quantitative estimate of drug-likeness (QED) is 0.788. The molecular formula is C13H20N2S. The molecule has 88 valence electrons. The SMILES string of the molecule is CNC(c1ccc(SC)cc1)C1CC(N)C1. The van der Waals surface area contributed by atoms with Crippen LogP contribution in [0.2, 0.25) is 0 Å². The van der Waals surface area contributed by atoms with Gasteiger partial charge in [-0.1, -0.05) is 12.1 Å². The monoisotopic (exact) mass is 236 g/mol. The highest BCUT2D eigenvalue weighted by atomic mass is 32.2. The van der Waals surface area contributed by atoms with Gasteiger partial charge in [-0.2, -0.15) is 0 Å². The molecule has 0 heterocycles. The van der Waals surface area contributed by atoms with Crippen molar-refractivity contribution in [3.05, 3.63) is 29.8 Å². The van der Waals surface area contributed by atoms with E-state index >= 15 is 0 Å². The molecule has 3 heteroatoms. The third-order valence-corrected chi connectivity index (χ3v) is 4.21. The molecule has 0 aromatic heterocycles. The fourth-order valence-corrected chi connectivity index (χ4v) is 2.87. The Morgan fingerprint density at radius 1 is 1.31 bits per heavy atom. The van der Waals surface area contributed by atoms with E-state index in [-0.39, 0.29) is 0 Å². The molecule has 2 nitrogen and oxygen atoms in total. The minimum Gasteiger partial charge on any atom is -0.328 e. The maximum Gasteiger partial charge on any atom is 0.0347 e. The highest BCUT2D eigenvalue weighted by Gasteiger charge is 2.32. The molecule has 0 spiro atoms. The largest absolute Gasteiger partial charge is 0.328 e. The van der Waals surface area contributed by atoms with Crippen LogP contribution < -0.4 is 11.1 Å². The van der Waals surface area contributed by atoms with Crippen LogP contribution in [0.1, 0.15) is 24.4 Å². The lowest BCUT2D eigenvalue weighted by molar-refractivity contribution is 0.204. The minimum absolute atomic E-state index is 0.423. The molecule has 1 unspecified atom stereocenters. The molecule has 0 saturated heterocycles. The van der Waals surface area contributed by atoms with Crippen LogP contribution in [0.15, 0.2) is 29.2 Å². The Hall–Kier alpha value is -0.510. The van der Waals surface area contributed by atoms with Gasteiger partial charge in [-0.3, -0.25) is 0 Å². The second kappa shape index (κ2) is 5.21. The zero-order valence-corrected chi connectivity index (χ0v) is 10.8. The molecule has 1 fully saturated rings. The van der Waals surface area contributed by atoms with Gasteiger partial charge in [0.05, 0.1) is 0 Å². The van der Waals surface area contributed by atoms with Gasteiger partial charge in [0, 0.05) is 17.0 Å². The predicted molar refractivity (Wildman–Crippen MR) is 70.7 cm³/mol. The van der Waals surface area contributed by atoms with E-state index in [1.807, 2.05) is 7.05 Å². The van der Waals surface area contributed by atoms with Crippen LogP contribution in [0.3, 0.4) is 0 Å². The minimum atomic E-state index is 0.423. The van der Waals surface area contributed by atoms with Crippen molar-refractivity contribution in [2.45, 2.75) is 29.8 Å². The first-order chi connectivity index (χ1) is 7.74. The Kier molecular flexibility index (Phi) is 3.90. The molecule has 3 N–H and O–H groups in total. The Labute approximate surface area is 102 Å². The maximum atomic E-state index is 5.85. The average Bonchev–Trinajstić information content (AvgIpc) is 2.28. The normalized spacial score (nSPS) is 26.2. The lowest BCUT2D eigenvalue weighted by Gasteiger charge is -2.38. The van der Waals surface area contributed by atoms with Crippen LogP contribution in [0.25, 0.3) is 0 Å². The molecule has 2 rings (SSSR count). The first kappa shape index (κ1) is 12.0. The molecular weight excluding hydrogens is 216 g/mol. The number of rotatable bonds is 4. The first-order valence-corrected chi connectivity index (χ1v) is 7.04. The van der Waals surface area contributed by atoms with E-state index in [0.717, 1.165) is 12.8 Å². The molecule has 0 bridgehead atoms. The van der Waals surface area contributed by atoms with Crippen molar-refractivity contribution in [2.24, 2.45) is 11.7 Å². The van der Waals surface area contributed by atoms with Crippen molar-refractivity contribution in [1.29, 1.82) is 0 Å². The van der Waals surface area contributed by atoms with Crippen molar-refractivity contribution >= 4 is 11.8 Å². The topological polar surface area (TPSA) is 38.0 Å². The number of hydrogen-bond donors (Lipinski definition) is 2. The van der Waals surface area contributed by atoms with Gasteiger partial charge in [0.2, 0.25) is 0 Å². The van der Waals surface area contributed by atoms with E-state index in [0.29, 0.717) is 18.0 Å². The van der Waals surface area contributed by atoms with Gasteiger partial charge in [0.25, 0.3) is 0 Å². The van der Waals surface area contributed by atoms with Gasteiger partial charge >= 0.3 is 0 Å². The number of nitrogens with two attached hydrogens (primary N) is 1. The molecule has 1 atom stereocenters. The van der Waals surface area contributed by atoms with Gasteiger partial charge in [-0.15, -0.1) is 11.8 Å². The lowest BCUT2D eigenvalue weighted by Crippen LogP contribution is -2.42. The summed E-state index contributed by atoms with van der Waals surface area (Å²) in [6, 6.07) is 9.75. The van der Waals surface area contributed by atoms with E-state index < -0.39 is 0 Å². The summed E-state index contributed by atoms with van der Waals surface area (Å²) >= 11 is 1.78. The van der Waals surface area contributed by atoms with Crippen molar-refractivity contribution in [1.82, 2.24) is 5.32 Å². The second-order valence-corrected chi connectivity index (χ2v) is 5.41. The molecule has 0 radical (unpaired) electrons. The molecule has 1 saturated carbocycles. The van der Waals surface area contributed by atoms with Crippen LogP contribution in [-0.4, -0.2) is 19.3 Å². The molecule has 1 aromatic rings. The van der Waals surface area contributed by atoms with Gasteiger partial charge in [0.1, 0.15) is 0 Å². The third kappa shape index (κ3) is 2.42.